The zero-order valence-electron chi connectivity index (χ0n) is 15.8. The second-order valence-electron chi connectivity index (χ2n) is 6.11. The molecule has 2 amide bonds. The first-order valence-corrected chi connectivity index (χ1v) is 9.54. The van der Waals surface area contributed by atoms with E-state index in [1.165, 1.54) is 12.3 Å². The molecule has 30 heavy (non-hydrogen) atoms. The standard InChI is InChI=1S/C21H17Cl2N3O4/c1-13(25-26-20(27)12-30-18-8-7-15(22)11-17(18)23)14-4-2-5-16(10-14)24-21(28)19-6-3-9-29-19/h2-11H,12H2,1H3,(H,24,28)(H,26,27)/b25-13+. The fourth-order valence-corrected chi connectivity index (χ4v) is 2.86. The van der Waals surface area contributed by atoms with Gasteiger partial charge in [0.2, 0.25) is 0 Å². The number of hydrogen-bond acceptors (Lipinski definition) is 5. The van der Waals surface area contributed by atoms with E-state index >= 15 is 0 Å². The van der Waals surface area contributed by atoms with E-state index in [1.807, 2.05) is 0 Å². The Bertz CT molecular complexity index is 1080. The molecule has 1 heterocycles. The van der Waals surface area contributed by atoms with Crippen molar-refractivity contribution in [1.82, 2.24) is 5.43 Å². The van der Waals surface area contributed by atoms with Crippen LogP contribution in [0.15, 0.2) is 70.4 Å². The van der Waals surface area contributed by atoms with Crippen LogP contribution in [0.25, 0.3) is 0 Å². The second-order valence-corrected chi connectivity index (χ2v) is 6.95. The third-order valence-electron chi connectivity index (χ3n) is 3.88. The third kappa shape index (κ3) is 5.85. The Morgan fingerprint density at radius 3 is 2.67 bits per heavy atom. The molecule has 2 N–H and O–H groups in total. The lowest BCUT2D eigenvalue weighted by Gasteiger charge is -2.08. The van der Waals surface area contributed by atoms with Gasteiger partial charge in [-0.15, -0.1) is 0 Å². The molecule has 1 aromatic heterocycles. The van der Waals surface area contributed by atoms with E-state index in [9.17, 15) is 9.59 Å². The molecule has 0 atom stereocenters. The Morgan fingerprint density at radius 1 is 1.10 bits per heavy atom. The highest BCUT2D eigenvalue weighted by Crippen LogP contribution is 2.27. The molecular formula is C21H17Cl2N3O4. The zero-order valence-corrected chi connectivity index (χ0v) is 17.3. The molecule has 3 rings (SSSR count). The van der Waals surface area contributed by atoms with Gasteiger partial charge in [0.1, 0.15) is 5.75 Å². The van der Waals surface area contributed by atoms with Crippen molar-refractivity contribution in [3.8, 4) is 5.75 Å². The zero-order chi connectivity index (χ0) is 21.5. The van der Waals surface area contributed by atoms with Crippen molar-refractivity contribution in [3.63, 3.8) is 0 Å². The van der Waals surface area contributed by atoms with Crippen LogP contribution in [0.2, 0.25) is 10.0 Å². The van der Waals surface area contributed by atoms with Gasteiger partial charge in [-0.2, -0.15) is 5.10 Å². The number of nitrogens with one attached hydrogen (secondary N) is 2. The molecule has 0 unspecified atom stereocenters. The van der Waals surface area contributed by atoms with Crippen LogP contribution < -0.4 is 15.5 Å². The average Bonchev–Trinajstić information content (AvgIpc) is 3.26. The summed E-state index contributed by atoms with van der Waals surface area (Å²) in [6, 6.07) is 15.0. The number of ether oxygens (including phenoxy) is 1. The summed E-state index contributed by atoms with van der Waals surface area (Å²) in [4.78, 5) is 24.1. The van der Waals surface area contributed by atoms with Gasteiger partial charge in [0.25, 0.3) is 11.8 Å². The largest absolute Gasteiger partial charge is 0.482 e. The molecule has 0 saturated carbocycles. The van der Waals surface area contributed by atoms with Gasteiger partial charge in [0.15, 0.2) is 12.4 Å². The quantitative estimate of drug-likeness (QED) is 0.405. The van der Waals surface area contributed by atoms with Gasteiger partial charge in [-0.05, 0) is 55.0 Å². The summed E-state index contributed by atoms with van der Waals surface area (Å²) in [5.41, 5.74) is 4.24. The van der Waals surface area contributed by atoms with Crippen LogP contribution in [0.1, 0.15) is 23.0 Å². The summed E-state index contributed by atoms with van der Waals surface area (Å²) in [5.74, 6) is -0.267. The highest BCUT2D eigenvalue weighted by atomic mass is 35.5. The molecule has 0 saturated heterocycles. The van der Waals surface area contributed by atoms with Crippen LogP contribution in [-0.2, 0) is 4.79 Å². The minimum Gasteiger partial charge on any atom is -0.482 e. The number of hydrazone groups is 1. The van der Waals surface area contributed by atoms with E-state index in [-0.39, 0.29) is 18.3 Å². The summed E-state index contributed by atoms with van der Waals surface area (Å²) in [7, 11) is 0. The summed E-state index contributed by atoms with van der Waals surface area (Å²) < 4.78 is 10.4. The van der Waals surface area contributed by atoms with Crippen molar-refractivity contribution in [2.24, 2.45) is 5.10 Å². The lowest BCUT2D eigenvalue weighted by Crippen LogP contribution is -2.25. The van der Waals surface area contributed by atoms with Crippen LogP contribution in [0.4, 0.5) is 5.69 Å². The molecule has 2 aromatic carbocycles. The Labute approximate surface area is 182 Å². The minimum atomic E-state index is -0.456. The summed E-state index contributed by atoms with van der Waals surface area (Å²) >= 11 is 11.8. The van der Waals surface area contributed by atoms with Crippen LogP contribution >= 0.6 is 23.2 Å². The van der Waals surface area contributed by atoms with Crippen molar-refractivity contribution in [2.45, 2.75) is 6.92 Å². The van der Waals surface area contributed by atoms with Gasteiger partial charge in [-0.25, -0.2) is 5.43 Å². The molecule has 9 heteroatoms. The van der Waals surface area contributed by atoms with Gasteiger partial charge < -0.3 is 14.5 Å². The number of amides is 2. The van der Waals surface area contributed by atoms with E-state index in [0.29, 0.717) is 32.8 Å². The van der Waals surface area contributed by atoms with Gasteiger partial charge in [-0.3, -0.25) is 9.59 Å². The molecule has 7 nitrogen and oxygen atoms in total. The van der Waals surface area contributed by atoms with Gasteiger partial charge >= 0.3 is 0 Å². The van der Waals surface area contributed by atoms with E-state index in [1.54, 1.807) is 55.5 Å². The van der Waals surface area contributed by atoms with Gasteiger partial charge in [0, 0.05) is 10.7 Å². The molecule has 0 bridgehead atoms. The van der Waals surface area contributed by atoms with E-state index in [0.717, 1.165) is 0 Å². The Hall–Kier alpha value is -3.29. The number of furan rings is 1. The van der Waals surface area contributed by atoms with E-state index < -0.39 is 5.91 Å². The number of hydrogen-bond donors (Lipinski definition) is 2. The molecule has 0 spiro atoms. The SMILES string of the molecule is C/C(=N\NC(=O)COc1ccc(Cl)cc1Cl)c1cccc(NC(=O)c2ccco2)c1. The van der Waals surface area contributed by atoms with Crippen molar-refractivity contribution in [1.29, 1.82) is 0 Å². The molecule has 0 radical (unpaired) electrons. The van der Waals surface area contributed by atoms with Crippen LogP contribution in [0.3, 0.4) is 0 Å². The Morgan fingerprint density at radius 2 is 1.93 bits per heavy atom. The predicted octanol–water partition coefficient (Wildman–Crippen LogP) is 4.76. The van der Waals surface area contributed by atoms with Gasteiger partial charge in [0.05, 0.1) is 17.0 Å². The first kappa shape index (κ1) is 21.4. The van der Waals surface area contributed by atoms with E-state index in [2.05, 4.69) is 15.8 Å². The maximum absolute atomic E-state index is 12.1. The molecule has 0 aliphatic rings. The second kappa shape index (κ2) is 9.96. The van der Waals surface area contributed by atoms with Crippen molar-refractivity contribution in [3.05, 3.63) is 82.2 Å². The molecular weight excluding hydrogens is 429 g/mol. The van der Waals surface area contributed by atoms with Gasteiger partial charge in [-0.1, -0.05) is 35.3 Å². The molecule has 154 valence electrons. The highest BCUT2D eigenvalue weighted by molar-refractivity contribution is 6.35. The van der Waals surface area contributed by atoms with Crippen LogP contribution in [0.5, 0.6) is 5.75 Å². The number of carbonyl (C=O) groups is 2. The van der Waals surface area contributed by atoms with E-state index in [4.69, 9.17) is 32.4 Å². The maximum atomic E-state index is 12.1. The molecule has 0 aliphatic carbocycles. The minimum absolute atomic E-state index is 0.207. The summed E-state index contributed by atoms with van der Waals surface area (Å²) in [6.07, 6.45) is 1.43. The Balaban J connectivity index is 1.57. The first-order chi connectivity index (χ1) is 14.4. The number of halogens is 2. The Kier molecular flexibility index (Phi) is 7.11. The number of nitrogens with zero attached hydrogens (tertiary/aromatic N) is 1. The normalized spacial score (nSPS) is 11.1. The monoisotopic (exact) mass is 445 g/mol. The fraction of sp³-hybridized carbons (Fsp3) is 0.0952. The number of rotatable bonds is 7. The molecule has 0 fully saturated rings. The number of benzene rings is 2. The van der Waals surface area contributed by atoms with Crippen LogP contribution in [-0.4, -0.2) is 24.1 Å². The lowest BCUT2D eigenvalue weighted by atomic mass is 10.1. The van der Waals surface area contributed by atoms with Crippen molar-refractivity contribution < 1.29 is 18.7 Å². The van der Waals surface area contributed by atoms with Crippen LogP contribution in [0, 0.1) is 0 Å². The molecule has 3 aromatic rings. The average molecular weight is 446 g/mol. The third-order valence-corrected chi connectivity index (χ3v) is 4.41. The first-order valence-electron chi connectivity index (χ1n) is 8.78. The molecule has 0 aliphatic heterocycles. The fourth-order valence-electron chi connectivity index (χ4n) is 2.40. The van der Waals surface area contributed by atoms with Crippen molar-refractivity contribution in [2.75, 3.05) is 11.9 Å². The summed E-state index contributed by atoms with van der Waals surface area (Å²) in [5, 5.41) is 7.58. The number of anilines is 1. The predicted molar refractivity (Wildman–Crippen MR) is 115 cm³/mol. The van der Waals surface area contributed by atoms with Crippen molar-refractivity contribution >= 4 is 46.4 Å². The lowest BCUT2D eigenvalue weighted by molar-refractivity contribution is -0.123. The maximum Gasteiger partial charge on any atom is 0.291 e. The highest BCUT2D eigenvalue weighted by Gasteiger charge is 2.10. The topological polar surface area (TPSA) is 92.9 Å². The summed E-state index contributed by atoms with van der Waals surface area (Å²) in [6.45, 7) is 1.46. The smallest absolute Gasteiger partial charge is 0.291 e. The number of carbonyl (C=O) groups excluding carboxylic acids is 2.